The summed E-state index contributed by atoms with van der Waals surface area (Å²) in [6, 6.07) is 11.2. The second kappa shape index (κ2) is 8.73. The van der Waals surface area contributed by atoms with Crippen LogP contribution in [0, 0.1) is 6.92 Å². The summed E-state index contributed by atoms with van der Waals surface area (Å²) < 4.78 is 5.35. The number of aryl methyl sites for hydroxylation is 1. The van der Waals surface area contributed by atoms with Gasteiger partial charge in [0.2, 0.25) is 5.95 Å². The lowest BCUT2D eigenvalue weighted by Gasteiger charge is -2.26. The minimum atomic E-state index is -0.155. The van der Waals surface area contributed by atoms with Crippen molar-refractivity contribution in [1.29, 1.82) is 0 Å². The van der Waals surface area contributed by atoms with Crippen molar-refractivity contribution in [2.24, 2.45) is 0 Å². The number of hydrogen-bond acceptors (Lipinski definition) is 6. The maximum Gasteiger partial charge on any atom is 0.276 e. The fourth-order valence-electron chi connectivity index (χ4n) is 2.85. The maximum atomic E-state index is 12.8. The largest absolute Gasteiger partial charge is 0.379 e. The summed E-state index contributed by atoms with van der Waals surface area (Å²) in [7, 11) is 1.75. The highest BCUT2D eigenvalue weighted by molar-refractivity contribution is 6.04. The molecular weight excluding hydrogens is 330 g/mol. The molecule has 138 valence electrons. The van der Waals surface area contributed by atoms with Gasteiger partial charge in [-0.3, -0.25) is 9.69 Å². The zero-order valence-electron chi connectivity index (χ0n) is 15.3. The van der Waals surface area contributed by atoms with Crippen LogP contribution in [0.4, 0.5) is 11.6 Å². The van der Waals surface area contributed by atoms with E-state index in [0.29, 0.717) is 11.6 Å². The Hall–Kier alpha value is -2.51. The molecular formula is C19H25N5O2. The van der Waals surface area contributed by atoms with Crippen LogP contribution < -0.4 is 10.2 Å². The molecule has 0 saturated carbocycles. The summed E-state index contributed by atoms with van der Waals surface area (Å²) in [5.41, 5.74) is 1.98. The molecule has 2 aromatic rings. The number of ether oxygens (including phenoxy) is 1. The van der Waals surface area contributed by atoms with Gasteiger partial charge in [-0.05, 0) is 25.1 Å². The number of morpholine rings is 1. The van der Waals surface area contributed by atoms with Gasteiger partial charge in [-0.25, -0.2) is 9.97 Å². The summed E-state index contributed by atoms with van der Waals surface area (Å²) >= 11 is 0. The molecule has 0 aliphatic carbocycles. The van der Waals surface area contributed by atoms with Gasteiger partial charge in [0, 0.05) is 44.6 Å². The van der Waals surface area contributed by atoms with E-state index in [1.54, 1.807) is 18.0 Å². The summed E-state index contributed by atoms with van der Waals surface area (Å²) in [6.45, 7) is 6.95. The summed E-state index contributed by atoms with van der Waals surface area (Å²) in [6.07, 6.45) is 0. The molecule has 1 saturated heterocycles. The number of aromatic nitrogens is 2. The third kappa shape index (κ3) is 4.77. The number of carbonyl (C=O) groups is 1. The summed E-state index contributed by atoms with van der Waals surface area (Å²) in [5.74, 6) is 0.334. The average molecular weight is 355 g/mol. The number of nitrogens with zero attached hydrogens (tertiary/aromatic N) is 4. The Morgan fingerprint density at radius 2 is 1.96 bits per heavy atom. The van der Waals surface area contributed by atoms with Gasteiger partial charge in [0.25, 0.3) is 5.91 Å². The summed E-state index contributed by atoms with van der Waals surface area (Å²) in [4.78, 5) is 25.5. The van der Waals surface area contributed by atoms with Crippen LogP contribution in [0.1, 0.15) is 16.2 Å². The van der Waals surface area contributed by atoms with Crippen LogP contribution in [0.25, 0.3) is 0 Å². The van der Waals surface area contributed by atoms with Crippen molar-refractivity contribution in [3.8, 4) is 0 Å². The molecule has 0 spiro atoms. The van der Waals surface area contributed by atoms with E-state index in [1.807, 2.05) is 37.3 Å². The monoisotopic (exact) mass is 355 g/mol. The van der Waals surface area contributed by atoms with Crippen LogP contribution in [-0.2, 0) is 4.74 Å². The Bertz CT molecular complexity index is 732. The predicted molar refractivity (Wildman–Crippen MR) is 102 cm³/mol. The quantitative estimate of drug-likeness (QED) is 0.852. The van der Waals surface area contributed by atoms with E-state index in [4.69, 9.17) is 4.74 Å². The third-order valence-electron chi connectivity index (χ3n) is 4.34. The van der Waals surface area contributed by atoms with E-state index in [9.17, 15) is 4.79 Å². The minimum Gasteiger partial charge on any atom is -0.379 e. The van der Waals surface area contributed by atoms with Crippen LogP contribution in [0.15, 0.2) is 36.4 Å². The first-order chi connectivity index (χ1) is 12.6. The van der Waals surface area contributed by atoms with Crippen LogP contribution in [-0.4, -0.2) is 67.2 Å². The number of rotatable bonds is 6. The SMILES string of the molecule is Cc1cc(C(=O)N(C)c2ccccc2)nc(NCCN2CCOCC2)n1. The summed E-state index contributed by atoms with van der Waals surface area (Å²) in [5, 5.41) is 3.23. The van der Waals surface area contributed by atoms with Crippen molar-refractivity contribution < 1.29 is 9.53 Å². The molecule has 1 aliphatic rings. The molecule has 1 aromatic carbocycles. The smallest absolute Gasteiger partial charge is 0.276 e. The third-order valence-corrected chi connectivity index (χ3v) is 4.34. The van der Waals surface area contributed by atoms with Crippen LogP contribution in [0.5, 0.6) is 0 Å². The normalized spacial score (nSPS) is 14.8. The molecule has 26 heavy (non-hydrogen) atoms. The van der Waals surface area contributed by atoms with Crippen molar-refractivity contribution in [2.45, 2.75) is 6.92 Å². The van der Waals surface area contributed by atoms with E-state index >= 15 is 0 Å². The molecule has 3 rings (SSSR count). The van der Waals surface area contributed by atoms with Crippen molar-refractivity contribution >= 4 is 17.5 Å². The van der Waals surface area contributed by atoms with Gasteiger partial charge in [-0.1, -0.05) is 18.2 Å². The van der Waals surface area contributed by atoms with Crippen LogP contribution in [0.3, 0.4) is 0 Å². The Balaban J connectivity index is 1.64. The molecule has 1 N–H and O–H groups in total. The zero-order valence-corrected chi connectivity index (χ0v) is 15.3. The number of para-hydroxylation sites is 1. The first-order valence-corrected chi connectivity index (χ1v) is 8.86. The van der Waals surface area contributed by atoms with E-state index < -0.39 is 0 Å². The molecule has 0 radical (unpaired) electrons. The second-order valence-corrected chi connectivity index (χ2v) is 6.30. The molecule has 1 aromatic heterocycles. The fraction of sp³-hybridized carbons (Fsp3) is 0.421. The van der Waals surface area contributed by atoms with Gasteiger partial charge in [0.1, 0.15) is 5.69 Å². The van der Waals surface area contributed by atoms with Crippen molar-refractivity contribution in [3.05, 3.63) is 47.8 Å². The van der Waals surface area contributed by atoms with Gasteiger partial charge < -0.3 is 15.0 Å². The molecule has 7 nitrogen and oxygen atoms in total. The number of nitrogens with one attached hydrogen (secondary N) is 1. The maximum absolute atomic E-state index is 12.8. The zero-order chi connectivity index (χ0) is 18.4. The van der Waals surface area contributed by atoms with Gasteiger partial charge in [-0.2, -0.15) is 0 Å². The number of hydrogen-bond donors (Lipinski definition) is 1. The van der Waals surface area contributed by atoms with E-state index in [0.717, 1.165) is 50.8 Å². The first kappa shape index (κ1) is 18.3. The van der Waals surface area contributed by atoms with Gasteiger partial charge in [0.15, 0.2) is 0 Å². The minimum absolute atomic E-state index is 0.155. The molecule has 0 unspecified atom stereocenters. The second-order valence-electron chi connectivity index (χ2n) is 6.30. The van der Waals surface area contributed by atoms with Crippen molar-refractivity contribution in [2.75, 3.05) is 56.7 Å². The first-order valence-electron chi connectivity index (χ1n) is 8.86. The van der Waals surface area contributed by atoms with Gasteiger partial charge >= 0.3 is 0 Å². The van der Waals surface area contributed by atoms with Gasteiger partial charge in [-0.15, -0.1) is 0 Å². The number of anilines is 2. The molecule has 0 bridgehead atoms. The highest BCUT2D eigenvalue weighted by atomic mass is 16.5. The molecule has 2 heterocycles. The molecule has 1 fully saturated rings. The number of amides is 1. The topological polar surface area (TPSA) is 70.6 Å². The Kier molecular flexibility index (Phi) is 6.14. The lowest BCUT2D eigenvalue weighted by Crippen LogP contribution is -2.39. The number of carbonyl (C=O) groups excluding carboxylic acids is 1. The standard InChI is InChI=1S/C19H25N5O2/c1-15-14-17(18(25)23(2)16-6-4-3-5-7-16)22-19(21-15)20-8-9-24-10-12-26-13-11-24/h3-7,14H,8-13H2,1-2H3,(H,20,21,22). The highest BCUT2D eigenvalue weighted by Crippen LogP contribution is 2.15. The van der Waals surface area contributed by atoms with Crippen molar-refractivity contribution in [1.82, 2.24) is 14.9 Å². The number of benzene rings is 1. The molecule has 7 heteroatoms. The Morgan fingerprint density at radius 3 is 2.69 bits per heavy atom. The average Bonchev–Trinajstić information content (AvgIpc) is 2.68. The Morgan fingerprint density at radius 1 is 1.23 bits per heavy atom. The van der Waals surface area contributed by atoms with Crippen molar-refractivity contribution in [3.63, 3.8) is 0 Å². The van der Waals surface area contributed by atoms with E-state index in [2.05, 4.69) is 20.2 Å². The van der Waals surface area contributed by atoms with Crippen LogP contribution in [0.2, 0.25) is 0 Å². The highest BCUT2D eigenvalue weighted by Gasteiger charge is 2.17. The lowest BCUT2D eigenvalue weighted by molar-refractivity contribution is 0.0398. The molecule has 0 atom stereocenters. The fourth-order valence-corrected chi connectivity index (χ4v) is 2.85. The molecule has 1 aliphatic heterocycles. The Labute approximate surface area is 154 Å². The lowest BCUT2D eigenvalue weighted by atomic mass is 10.2. The molecule has 1 amide bonds. The predicted octanol–water partition coefficient (Wildman–Crippen LogP) is 1.81. The van der Waals surface area contributed by atoms with Crippen LogP contribution >= 0.6 is 0 Å². The van der Waals surface area contributed by atoms with E-state index in [-0.39, 0.29) is 5.91 Å². The van der Waals surface area contributed by atoms with Gasteiger partial charge in [0.05, 0.1) is 13.2 Å². The van der Waals surface area contributed by atoms with E-state index in [1.165, 1.54) is 0 Å².